The fraction of sp³-hybridized carbons (Fsp3) is 0.111. The van der Waals surface area contributed by atoms with E-state index >= 15 is 0 Å². The molecule has 2 aromatic rings. The number of amides is 1. The third-order valence-corrected chi connectivity index (χ3v) is 3.87. The lowest BCUT2D eigenvalue weighted by Gasteiger charge is -2.13. The average Bonchev–Trinajstić information content (AvgIpc) is 2.55. The van der Waals surface area contributed by atoms with E-state index in [0.717, 1.165) is 22.4 Å². The largest absolute Gasteiger partial charge is 0.331 e. The Labute approximate surface area is 151 Å². The van der Waals surface area contributed by atoms with Gasteiger partial charge in [0.2, 0.25) is 0 Å². The normalized spacial score (nSPS) is 10.5. The van der Waals surface area contributed by atoms with Gasteiger partial charge in [0.15, 0.2) is 5.11 Å². The van der Waals surface area contributed by atoms with E-state index in [1.807, 2.05) is 44.2 Å². The number of hydrogen-bond donors (Lipinski definition) is 3. The molecular formula is C18H18ClN3OS. The number of hydrazine groups is 1. The van der Waals surface area contributed by atoms with Crippen LogP contribution in [-0.2, 0) is 4.79 Å². The molecule has 0 fully saturated rings. The standard InChI is InChI=1S/C18H18ClN3OS/c1-12-5-3-8-16(13(12)2)20-18(24)22-21-17(23)10-9-14-6-4-7-15(19)11-14/h3-11H,1-2H3,(H,21,23)(H2,20,22,24)/b10-9+. The molecule has 0 saturated heterocycles. The fourth-order valence-electron chi connectivity index (χ4n) is 1.98. The van der Waals surface area contributed by atoms with Crippen LogP contribution >= 0.6 is 23.8 Å². The molecule has 4 nitrogen and oxygen atoms in total. The number of benzene rings is 2. The Morgan fingerprint density at radius 2 is 1.88 bits per heavy atom. The van der Waals surface area contributed by atoms with Crippen LogP contribution in [0.25, 0.3) is 6.08 Å². The second-order valence-corrected chi connectivity index (χ2v) is 6.05. The summed E-state index contributed by atoms with van der Waals surface area (Å²) in [6.45, 7) is 4.03. The van der Waals surface area contributed by atoms with Gasteiger partial charge in [-0.2, -0.15) is 0 Å². The first-order valence-corrected chi connectivity index (χ1v) is 8.11. The first kappa shape index (κ1) is 18.0. The molecule has 0 radical (unpaired) electrons. The van der Waals surface area contributed by atoms with Gasteiger partial charge in [0.1, 0.15) is 0 Å². The quantitative estimate of drug-likeness (QED) is 0.440. The Bertz CT molecular complexity index is 790. The minimum absolute atomic E-state index is 0.313. The Balaban J connectivity index is 1.85. The van der Waals surface area contributed by atoms with E-state index < -0.39 is 0 Å². The van der Waals surface area contributed by atoms with E-state index in [-0.39, 0.29) is 5.91 Å². The summed E-state index contributed by atoms with van der Waals surface area (Å²) >= 11 is 11.1. The topological polar surface area (TPSA) is 53.2 Å². The second-order valence-electron chi connectivity index (χ2n) is 5.20. The van der Waals surface area contributed by atoms with Gasteiger partial charge in [-0.15, -0.1) is 0 Å². The molecule has 0 aliphatic rings. The molecule has 0 spiro atoms. The van der Waals surface area contributed by atoms with Gasteiger partial charge < -0.3 is 5.32 Å². The minimum Gasteiger partial charge on any atom is -0.331 e. The highest BCUT2D eigenvalue weighted by Crippen LogP contribution is 2.17. The third-order valence-electron chi connectivity index (χ3n) is 3.43. The maximum atomic E-state index is 11.8. The lowest BCUT2D eigenvalue weighted by molar-refractivity contribution is -0.116. The summed E-state index contributed by atoms with van der Waals surface area (Å²) in [6, 6.07) is 13.1. The van der Waals surface area contributed by atoms with Crippen LogP contribution in [0.5, 0.6) is 0 Å². The van der Waals surface area contributed by atoms with Crippen molar-refractivity contribution in [3.63, 3.8) is 0 Å². The van der Waals surface area contributed by atoms with E-state index in [1.54, 1.807) is 18.2 Å². The molecule has 6 heteroatoms. The lowest BCUT2D eigenvalue weighted by Crippen LogP contribution is -2.43. The first-order valence-electron chi connectivity index (χ1n) is 7.32. The molecule has 0 bridgehead atoms. The van der Waals surface area contributed by atoms with E-state index in [1.165, 1.54) is 6.08 Å². The van der Waals surface area contributed by atoms with Crippen molar-refractivity contribution in [3.8, 4) is 0 Å². The highest BCUT2D eigenvalue weighted by atomic mass is 35.5. The molecule has 3 N–H and O–H groups in total. The summed E-state index contributed by atoms with van der Waals surface area (Å²) in [4.78, 5) is 11.8. The zero-order valence-electron chi connectivity index (χ0n) is 13.4. The van der Waals surface area contributed by atoms with Crippen molar-refractivity contribution in [1.29, 1.82) is 0 Å². The molecule has 2 aromatic carbocycles. The number of hydrogen-bond acceptors (Lipinski definition) is 2. The van der Waals surface area contributed by atoms with Crippen molar-refractivity contribution in [3.05, 3.63) is 70.3 Å². The zero-order chi connectivity index (χ0) is 17.5. The Morgan fingerprint density at radius 1 is 1.12 bits per heavy atom. The molecule has 0 unspecified atom stereocenters. The predicted molar refractivity (Wildman–Crippen MR) is 104 cm³/mol. The highest BCUT2D eigenvalue weighted by molar-refractivity contribution is 7.80. The van der Waals surface area contributed by atoms with E-state index in [9.17, 15) is 4.79 Å². The number of anilines is 1. The van der Waals surface area contributed by atoms with Crippen molar-refractivity contribution in [2.45, 2.75) is 13.8 Å². The molecule has 0 aliphatic heterocycles. The van der Waals surface area contributed by atoms with Crippen molar-refractivity contribution >= 4 is 46.6 Å². The molecule has 24 heavy (non-hydrogen) atoms. The van der Waals surface area contributed by atoms with Gasteiger partial charge in [0.25, 0.3) is 5.91 Å². The minimum atomic E-state index is -0.319. The fourth-order valence-corrected chi connectivity index (χ4v) is 2.34. The third kappa shape index (κ3) is 5.37. The molecule has 0 aromatic heterocycles. The molecule has 2 rings (SSSR count). The number of carbonyl (C=O) groups excluding carboxylic acids is 1. The summed E-state index contributed by atoms with van der Waals surface area (Å²) in [5.41, 5.74) is 9.19. The molecule has 0 saturated carbocycles. The maximum absolute atomic E-state index is 11.8. The number of nitrogens with one attached hydrogen (secondary N) is 3. The summed E-state index contributed by atoms with van der Waals surface area (Å²) in [5.74, 6) is -0.319. The molecule has 1 amide bonds. The molecule has 124 valence electrons. The van der Waals surface area contributed by atoms with E-state index in [0.29, 0.717) is 10.1 Å². The number of carbonyl (C=O) groups is 1. The van der Waals surface area contributed by atoms with Crippen LogP contribution in [0.3, 0.4) is 0 Å². The summed E-state index contributed by atoms with van der Waals surface area (Å²) in [6.07, 6.45) is 3.07. The lowest BCUT2D eigenvalue weighted by atomic mass is 10.1. The van der Waals surface area contributed by atoms with Crippen molar-refractivity contribution < 1.29 is 4.79 Å². The molecular weight excluding hydrogens is 342 g/mol. The summed E-state index contributed by atoms with van der Waals surface area (Å²) < 4.78 is 0. The van der Waals surface area contributed by atoms with Crippen molar-refractivity contribution in [2.75, 3.05) is 5.32 Å². The van der Waals surface area contributed by atoms with Crippen LogP contribution in [0.15, 0.2) is 48.5 Å². The Hall–Kier alpha value is -2.37. The molecule has 0 atom stereocenters. The van der Waals surface area contributed by atoms with Crippen LogP contribution in [0.2, 0.25) is 5.02 Å². The Morgan fingerprint density at radius 3 is 2.62 bits per heavy atom. The molecule has 0 aliphatic carbocycles. The second kappa shape index (κ2) is 8.47. The van der Waals surface area contributed by atoms with Gasteiger partial charge in [0.05, 0.1) is 0 Å². The smallest absolute Gasteiger partial charge is 0.262 e. The van der Waals surface area contributed by atoms with Crippen LogP contribution in [-0.4, -0.2) is 11.0 Å². The van der Waals surface area contributed by atoms with Gasteiger partial charge in [-0.1, -0.05) is 35.9 Å². The predicted octanol–water partition coefficient (Wildman–Crippen LogP) is 3.99. The number of rotatable bonds is 3. The first-order chi connectivity index (χ1) is 11.5. The van der Waals surface area contributed by atoms with Crippen LogP contribution in [0, 0.1) is 13.8 Å². The highest BCUT2D eigenvalue weighted by Gasteiger charge is 2.03. The SMILES string of the molecule is Cc1cccc(NC(=S)NNC(=O)/C=C/c2cccc(Cl)c2)c1C. The monoisotopic (exact) mass is 359 g/mol. The summed E-state index contributed by atoms with van der Waals surface area (Å²) in [5, 5.41) is 3.98. The summed E-state index contributed by atoms with van der Waals surface area (Å²) in [7, 11) is 0. The van der Waals surface area contributed by atoms with Gasteiger partial charge in [-0.05, 0) is 67.0 Å². The zero-order valence-corrected chi connectivity index (χ0v) is 15.0. The van der Waals surface area contributed by atoms with E-state index in [2.05, 4.69) is 16.2 Å². The molecule has 0 heterocycles. The van der Waals surface area contributed by atoms with Crippen LogP contribution in [0.1, 0.15) is 16.7 Å². The van der Waals surface area contributed by atoms with Gasteiger partial charge >= 0.3 is 0 Å². The Kier molecular flexibility index (Phi) is 6.35. The number of aryl methyl sites for hydroxylation is 1. The van der Waals surface area contributed by atoms with Crippen molar-refractivity contribution in [1.82, 2.24) is 10.9 Å². The van der Waals surface area contributed by atoms with Crippen LogP contribution in [0.4, 0.5) is 5.69 Å². The number of thiocarbonyl (C=S) groups is 1. The van der Waals surface area contributed by atoms with Gasteiger partial charge in [-0.3, -0.25) is 15.6 Å². The average molecular weight is 360 g/mol. The van der Waals surface area contributed by atoms with Gasteiger partial charge in [0, 0.05) is 16.8 Å². The number of halogens is 1. The van der Waals surface area contributed by atoms with Gasteiger partial charge in [-0.25, -0.2) is 0 Å². The van der Waals surface area contributed by atoms with Crippen molar-refractivity contribution in [2.24, 2.45) is 0 Å². The van der Waals surface area contributed by atoms with E-state index in [4.69, 9.17) is 23.8 Å². The van der Waals surface area contributed by atoms with Crippen LogP contribution < -0.4 is 16.2 Å². The maximum Gasteiger partial charge on any atom is 0.262 e.